The van der Waals surface area contributed by atoms with E-state index < -0.39 is 5.97 Å². The van der Waals surface area contributed by atoms with Gasteiger partial charge in [0.25, 0.3) is 0 Å². The fraction of sp³-hybridized carbons (Fsp3) is 0.304. The number of aryl methyl sites for hydroxylation is 3. The topological polar surface area (TPSA) is 65.7 Å². The summed E-state index contributed by atoms with van der Waals surface area (Å²) in [5, 5.41) is 0.823. The Hall–Kier alpha value is -3.08. The number of rotatable bonds is 7. The summed E-state index contributed by atoms with van der Waals surface area (Å²) < 4.78 is 16.3. The Morgan fingerprint density at radius 3 is 2.50 bits per heavy atom. The number of carbonyl (C=O) groups excluding carboxylic acids is 2. The number of esters is 1. The van der Waals surface area contributed by atoms with Gasteiger partial charge in [-0.1, -0.05) is 25.1 Å². The van der Waals surface area contributed by atoms with Crippen molar-refractivity contribution < 1.29 is 23.5 Å². The average Bonchev–Trinajstić information content (AvgIpc) is 3.06. The monoisotopic (exact) mass is 380 g/mol. The molecule has 1 heterocycles. The lowest BCUT2D eigenvalue weighted by Crippen LogP contribution is -2.15. The summed E-state index contributed by atoms with van der Waals surface area (Å²) in [5.41, 5.74) is 3.49. The number of para-hydroxylation sites is 1. The molecule has 5 nitrogen and oxygen atoms in total. The number of furan rings is 1. The van der Waals surface area contributed by atoms with Gasteiger partial charge in [0, 0.05) is 17.4 Å². The molecule has 0 fully saturated rings. The number of ketones is 1. The van der Waals surface area contributed by atoms with Gasteiger partial charge in [-0.2, -0.15) is 0 Å². The molecule has 0 saturated carbocycles. The van der Waals surface area contributed by atoms with E-state index in [2.05, 4.69) is 0 Å². The van der Waals surface area contributed by atoms with Gasteiger partial charge in [-0.3, -0.25) is 4.79 Å². The van der Waals surface area contributed by atoms with E-state index in [1.165, 1.54) is 0 Å². The highest BCUT2D eigenvalue weighted by atomic mass is 16.6. The molecule has 0 spiro atoms. The van der Waals surface area contributed by atoms with Gasteiger partial charge in [-0.05, 0) is 50.1 Å². The average molecular weight is 380 g/mol. The number of benzene rings is 2. The van der Waals surface area contributed by atoms with Crippen molar-refractivity contribution in [2.24, 2.45) is 0 Å². The van der Waals surface area contributed by atoms with E-state index in [4.69, 9.17) is 13.9 Å². The second-order valence-corrected chi connectivity index (χ2v) is 6.61. The zero-order valence-corrected chi connectivity index (χ0v) is 16.6. The number of hydrogen-bond acceptors (Lipinski definition) is 5. The summed E-state index contributed by atoms with van der Waals surface area (Å²) in [5.74, 6) is 0.761. The highest BCUT2D eigenvalue weighted by molar-refractivity contribution is 6.17. The summed E-state index contributed by atoms with van der Waals surface area (Å²) >= 11 is 0. The molecule has 0 unspecified atom stereocenters. The van der Waals surface area contributed by atoms with Gasteiger partial charge >= 0.3 is 5.97 Å². The lowest BCUT2D eigenvalue weighted by Gasteiger charge is -2.13. The fourth-order valence-corrected chi connectivity index (χ4v) is 3.26. The van der Waals surface area contributed by atoms with Gasteiger partial charge in [-0.15, -0.1) is 0 Å². The van der Waals surface area contributed by atoms with E-state index in [1.807, 2.05) is 45.0 Å². The molecule has 0 atom stereocenters. The van der Waals surface area contributed by atoms with Crippen LogP contribution in [0.2, 0.25) is 0 Å². The number of hydrogen-bond donors (Lipinski definition) is 0. The number of carbonyl (C=O) groups is 2. The third-order valence-corrected chi connectivity index (χ3v) is 4.63. The zero-order chi connectivity index (χ0) is 20.3. The predicted octanol–water partition coefficient (Wildman–Crippen LogP) is 4.78. The molecule has 0 bridgehead atoms. The molecule has 2 aromatic carbocycles. The van der Waals surface area contributed by atoms with E-state index in [1.54, 1.807) is 19.1 Å². The van der Waals surface area contributed by atoms with Crippen molar-refractivity contribution in [3.63, 3.8) is 0 Å². The second-order valence-electron chi connectivity index (χ2n) is 6.61. The summed E-state index contributed by atoms with van der Waals surface area (Å²) in [6.07, 6.45) is 0.633. The van der Waals surface area contributed by atoms with Crippen molar-refractivity contribution in [3.8, 4) is 5.75 Å². The van der Waals surface area contributed by atoms with Crippen molar-refractivity contribution in [2.45, 2.75) is 34.1 Å². The second kappa shape index (κ2) is 8.30. The lowest BCUT2D eigenvalue weighted by atomic mass is 9.94. The molecule has 1 aromatic heterocycles. The van der Waals surface area contributed by atoms with Crippen molar-refractivity contribution in [3.05, 3.63) is 64.4 Å². The molecule has 3 rings (SSSR count). The van der Waals surface area contributed by atoms with Crippen LogP contribution in [0.5, 0.6) is 5.75 Å². The standard InChI is InChI=1S/C23H24O5/c1-5-18-22(16-9-7-8-10-19(16)28-18)23(25)17-11-15(4)20(12-14(17)3)27-13-21(24)26-6-2/h7-12H,5-6,13H2,1-4H3. The van der Waals surface area contributed by atoms with E-state index in [-0.39, 0.29) is 12.4 Å². The van der Waals surface area contributed by atoms with Crippen LogP contribution in [0.4, 0.5) is 0 Å². The Bertz CT molecular complexity index is 1030. The van der Waals surface area contributed by atoms with Crippen LogP contribution in [0.15, 0.2) is 40.8 Å². The number of fused-ring (bicyclic) bond motifs is 1. The predicted molar refractivity (Wildman–Crippen MR) is 107 cm³/mol. The first-order valence-electron chi connectivity index (χ1n) is 9.41. The fourth-order valence-electron chi connectivity index (χ4n) is 3.26. The van der Waals surface area contributed by atoms with Crippen molar-refractivity contribution >= 4 is 22.7 Å². The van der Waals surface area contributed by atoms with E-state index >= 15 is 0 Å². The van der Waals surface area contributed by atoms with Crippen molar-refractivity contribution in [2.75, 3.05) is 13.2 Å². The van der Waals surface area contributed by atoms with E-state index in [0.29, 0.717) is 41.2 Å². The van der Waals surface area contributed by atoms with Crippen LogP contribution in [0, 0.1) is 13.8 Å². The molecule has 5 heteroatoms. The van der Waals surface area contributed by atoms with Gasteiger partial charge in [-0.25, -0.2) is 4.79 Å². The summed E-state index contributed by atoms with van der Waals surface area (Å²) in [6.45, 7) is 7.58. The highest BCUT2D eigenvalue weighted by Crippen LogP contribution is 2.31. The minimum Gasteiger partial charge on any atom is -0.482 e. The third-order valence-electron chi connectivity index (χ3n) is 4.63. The molecule has 0 saturated heterocycles. The smallest absolute Gasteiger partial charge is 0.344 e. The van der Waals surface area contributed by atoms with Gasteiger partial charge in [0.05, 0.1) is 12.2 Å². The SMILES string of the molecule is CCOC(=O)COc1cc(C)c(C(=O)c2c(CC)oc3ccccc23)cc1C. The van der Waals surface area contributed by atoms with Crippen LogP contribution < -0.4 is 4.74 Å². The minimum absolute atomic E-state index is 0.0701. The van der Waals surface area contributed by atoms with E-state index in [0.717, 1.165) is 16.5 Å². The molecular weight excluding hydrogens is 356 g/mol. The molecule has 0 aliphatic carbocycles. The number of ether oxygens (including phenoxy) is 2. The first kappa shape index (κ1) is 19.7. The van der Waals surface area contributed by atoms with Crippen molar-refractivity contribution in [1.29, 1.82) is 0 Å². The minimum atomic E-state index is -0.419. The van der Waals surface area contributed by atoms with Crippen LogP contribution in [0.3, 0.4) is 0 Å². The van der Waals surface area contributed by atoms with Gasteiger partial charge < -0.3 is 13.9 Å². The molecule has 0 aliphatic heterocycles. The molecule has 0 aliphatic rings. The van der Waals surface area contributed by atoms with Crippen molar-refractivity contribution in [1.82, 2.24) is 0 Å². The van der Waals surface area contributed by atoms with Crippen LogP contribution in [0.25, 0.3) is 11.0 Å². The van der Waals surface area contributed by atoms with Crippen LogP contribution in [-0.2, 0) is 16.0 Å². The van der Waals surface area contributed by atoms with E-state index in [9.17, 15) is 9.59 Å². The molecule has 28 heavy (non-hydrogen) atoms. The Morgan fingerprint density at radius 1 is 1.04 bits per heavy atom. The maximum Gasteiger partial charge on any atom is 0.344 e. The van der Waals surface area contributed by atoms with Crippen LogP contribution >= 0.6 is 0 Å². The largest absolute Gasteiger partial charge is 0.482 e. The molecule has 0 amide bonds. The van der Waals surface area contributed by atoms with Crippen LogP contribution in [-0.4, -0.2) is 25.0 Å². The van der Waals surface area contributed by atoms with Gasteiger partial charge in [0.15, 0.2) is 12.4 Å². The maximum atomic E-state index is 13.4. The Morgan fingerprint density at radius 2 is 1.79 bits per heavy atom. The van der Waals surface area contributed by atoms with Gasteiger partial charge in [0.1, 0.15) is 17.1 Å². The summed E-state index contributed by atoms with van der Waals surface area (Å²) in [6, 6.07) is 11.2. The first-order valence-corrected chi connectivity index (χ1v) is 9.41. The Labute approximate surface area is 164 Å². The molecule has 146 valence electrons. The summed E-state index contributed by atoms with van der Waals surface area (Å²) in [7, 11) is 0. The zero-order valence-electron chi connectivity index (χ0n) is 16.6. The molecular formula is C23H24O5. The highest BCUT2D eigenvalue weighted by Gasteiger charge is 2.23. The third kappa shape index (κ3) is 3.79. The Kier molecular flexibility index (Phi) is 5.83. The summed E-state index contributed by atoms with van der Waals surface area (Å²) in [4.78, 5) is 24.9. The normalized spacial score (nSPS) is 10.9. The maximum absolute atomic E-state index is 13.4. The van der Waals surface area contributed by atoms with Gasteiger partial charge in [0.2, 0.25) is 0 Å². The molecule has 0 radical (unpaired) electrons. The molecule has 0 N–H and O–H groups in total. The molecule has 3 aromatic rings. The quantitative estimate of drug-likeness (QED) is 0.436. The van der Waals surface area contributed by atoms with Crippen LogP contribution in [0.1, 0.15) is 46.7 Å². The first-order chi connectivity index (χ1) is 13.5. The lowest BCUT2D eigenvalue weighted by molar-refractivity contribution is -0.145. The Balaban J connectivity index is 1.95.